The summed E-state index contributed by atoms with van der Waals surface area (Å²) >= 11 is 0. The van der Waals surface area contributed by atoms with E-state index in [4.69, 9.17) is 10.7 Å². The van der Waals surface area contributed by atoms with Gasteiger partial charge in [0.1, 0.15) is 34.5 Å². The number of piperidine rings is 1. The highest BCUT2D eigenvalue weighted by molar-refractivity contribution is 6.04. The summed E-state index contributed by atoms with van der Waals surface area (Å²) in [6.07, 6.45) is 9.52. The molecule has 0 bridgehead atoms. The average molecular weight is 528 g/mol. The number of halogens is 1. The topological polar surface area (TPSA) is 119 Å². The molecule has 2 aliphatic rings. The first kappa shape index (κ1) is 25.0. The molecule has 3 N–H and O–H groups in total. The lowest BCUT2D eigenvalue weighted by Gasteiger charge is -2.32. The van der Waals surface area contributed by atoms with Crippen LogP contribution in [0.5, 0.6) is 0 Å². The third kappa shape index (κ3) is 4.82. The van der Waals surface area contributed by atoms with E-state index < -0.39 is 11.7 Å². The highest BCUT2D eigenvalue weighted by Gasteiger charge is 2.29. The monoisotopic (exact) mass is 527 g/mol. The first-order valence-electron chi connectivity index (χ1n) is 13.4. The van der Waals surface area contributed by atoms with Crippen molar-refractivity contribution in [3.63, 3.8) is 0 Å². The normalized spacial score (nSPS) is 17.4. The molecule has 1 aromatic carbocycles. The second kappa shape index (κ2) is 10.1. The van der Waals surface area contributed by atoms with Gasteiger partial charge in [-0.3, -0.25) is 14.0 Å². The number of benzene rings is 1. The van der Waals surface area contributed by atoms with E-state index in [2.05, 4.69) is 15.3 Å². The van der Waals surface area contributed by atoms with Crippen molar-refractivity contribution >= 4 is 29.0 Å². The number of fused-ring (bicyclic) bond motifs is 1. The maximum atomic E-state index is 15.3. The van der Waals surface area contributed by atoms with Gasteiger partial charge in [-0.1, -0.05) is 13.0 Å². The number of aromatic nitrogens is 4. The molecule has 4 heterocycles. The number of pyridine rings is 1. The number of nitrogens with two attached hydrogens (primary N) is 1. The van der Waals surface area contributed by atoms with Gasteiger partial charge in [0.05, 0.1) is 5.56 Å². The van der Waals surface area contributed by atoms with Crippen LogP contribution in [0.4, 0.5) is 16.0 Å². The second-order valence-electron chi connectivity index (χ2n) is 10.3. The Bertz CT molecular complexity index is 1580. The molecule has 4 aromatic rings. The van der Waals surface area contributed by atoms with Crippen molar-refractivity contribution in [2.24, 2.45) is 0 Å². The molecule has 0 radical (unpaired) electrons. The molecule has 1 saturated carbocycles. The number of hydrogen-bond donors (Lipinski definition) is 2. The summed E-state index contributed by atoms with van der Waals surface area (Å²) in [5.74, 6) is 0.821. The Kier molecular flexibility index (Phi) is 6.46. The zero-order valence-electron chi connectivity index (χ0n) is 21.7. The second-order valence-corrected chi connectivity index (χ2v) is 10.3. The molecule has 2 amide bonds. The third-order valence-corrected chi connectivity index (χ3v) is 7.61. The molecule has 3 aromatic heterocycles. The molecule has 6 rings (SSSR count). The van der Waals surface area contributed by atoms with E-state index in [1.807, 2.05) is 28.4 Å². The SMILES string of the molecule is CCC(=O)N1CCCC(c2nc(-c3ccc(C(=O)Nc4cc(C5CC5)ccn4)c(F)c3)c3c(N)nccn23)C1. The predicted octanol–water partition coefficient (Wildman–Crippen LogP) is 4.76. The van der Waals surface area contributed by atoms with E-state index in [9.17, 15) is 9.59 Å². The number of anilines is 2. The van der Waals surface area contributed by atoms with Crippen LogP contribution in [0.25, 0.3) is 16.8 Å². The molecular formula is C29H30FN7O2. The van der Waals surface area contributed by atoms with Gasteiger partial charge in [-0.25, -0.2) is 19.3 Å². The molecule has 1 saturated heterocycles. The number of nitrogens with zero attached hydrogens (tertiary/aromatic N) is 5. The van der Waals surface area contributed by atoms with Gasteiger partial charge < -0.3 is 16.0 Å². The Morgan fingerprint density at radius 2 is 1.95 bits per heavy atom. The molecular weight excluding hydrogens is 497 g/mol. The number of nitrogens with one attached hydrogen (secondary N) is 1. The van der Waals surface area contributed by atoms with Crippen LogP contribution in [-0.2, 0) is 4.79 Å². The molecule has 9 nitrogen and oxygen atoms in total. The number of hydrogen-bond acceptors (Lipinski definition) is 6. The fourth-order valence-electron chi connectivity index (χ4n) is 5.43. The van der Waals surface area contributed by atoms with E-state index in [0.29, 0.717) is 41.5 Å². The summed E-state index contributed by atoms with van der Waals surface area (Å²) < 4.78 is 17.2. The summed E-state index contributed by atoms with van der Waals surface area (Å²) in [6.45, 7) is 3.16. The summed E-state index contributed by atoms with van der Waals surface area (Å²) in [7, 11) is 0. The third-order valence-electron chi connectivity index (χ3n) is 7.61. The van der Waals surface area contributed by atoms with E-state index in [0.717, 1.165) is 43.6 Å². The summed E-state index contributed by atoms with van der Waals surface area (Å²) in [5, 5.41) is 2.71. The average Bonchev–Trinajstić information content (AvgIpc) is 3.73. The number of rotatable bonds is 6. The highest BCUT2D eigenvalue weighted by Crippen LogP contribution is 2.40. The van der Waals surface area contributed by atoms with Crippen LogP contribution in [0.3, 0.4) is 0 Å². The minimum absolute atomic E-state index is 0.00565. The van der Waals surface area contributed by atoms with Crippen LogP contribution >= 0.6 is 0 Å². The van der Waals surface area contributed by atoms with Crippen molar-refractivity contribution in [1.82, 2.24) is 24.3 Å². The minimum atomic E-state index is -0.675. The Balaban J connectivity index is 1.31. The molecule has 1 unspecified atom stereocenters. The molecule has 2 fully saturated rings. The fourth-order valence-corrected chi connectivity index (χ4v) is 5.43. The lowest BCUT2D eigenvalue weighted by Crippen LogP contribution is -2.39. The number of carbonyl (C=O) groups is 2. The van der Waals surface area contributed by atoms with Crippen molar-refractivity contribution < 1.29 is 14.0 Å². The smallest absolute Gasteiger partial charge is 0.259 e. The number of imidazole rings is 1. The number of amides is 2. The van der Waals surface area contributed by atoms with Gasteiger partial charge in [0, 0.05) is 49.6 Å². The Hall–Kier alpha value is -4.34. The van der Waals surface area contributed by atoms with Crippen molar-refractivity contribution in [3.05, 3.63) is 71.7 Å². The van der Waals surface area contributed by atoms with Crippen molar-refractivity contribution in [2.75, 3.05) is 24.1 Å². The standard InChI is InChI=1S/C29H30FN7O2/c1-2-24(38)36-12-3-4-20(16-36)28-35-25(26-27(31)33-11-13-37(26)28)19-7-8-21(22(30)14-19)29(39)34-23-15-18(9-10-32-23)17-5-6-17/h7-11,13-15,17,20H,2-6,12,16H2,1H3,(H2,31,33)(H,32,34,39). The van der Waals surface area contributed by atoms with Crippen LogP contribution in [-0.4, -0.2) is 49.2 Å². The van der Waals surface area contributed by atoms with Crippen LogP contribution in [0.1, 0.15) is 72.6 Å². The first-order chi connectivity index (χ1) is 18.9. The summed E-state index contributed by atoms with van der Waals surface area (Å²) in [6, 6.07) is 8.20. The van der Waals surface area contributed by atoms with Gasteiger partial charge in [0.25, 0.3) is 5.91 Å². The lowest BCUT2D eigenvalue weighted by atomic mass is 9.97. The van der Waals surface area contributed by atoms with Gasteiger partial charge in [0.2, 0.25) is 5.91 Å². The van der Waals surface area contributed by atoms with E-state index in [-0.39, 0.29) is 23.2 Å². The van der Waals surface area contributed by atoms with Crippen LogP contribution in [0.2, 0.25) is 0 Å². The summed E-state index contributed by atoms with van der Waals surface area (Å²) in [5.41, 5.74) is 8.86. The molecule has 200 valence electrons. The van der Waals surface area contributed by atoms with Crippen LogP contribution in [0.15, 0.2) is 48.9 Å². The summed E-state index contributed by atoms with van der Waals surface area (Å²) in [4.78, 5) is 40.5. The van der Waals surface area contributed by atoms with Gasteiger partial charge in [0.15, 0.2) is 0 Å². The highest BCUT2D eigenvalue weighted by atomic mass is 19.1. The maximum Gasteiger partial charge on any atom is 0.259 e. The number of likely N-dealkylation sites (tertiary alicyclic amines) is 1. The number of carbonyl (C=O) groups excluding carboxylic acids is 2. The van der Waals surface area contributed by atoms with Gasteiger partial charge in [-0.2, -0.15) is 0 Å². The molecule has 1 atom stereocenters. The molecule has 1 aliphatic carbocycles. The largest absolute Gasteiger partial charge is 0.382 e. The van der Waals surface area contributed by atoms with Crippen molar-refractivity contribution in [3.8, 4) is 11.3 Å². The van der Waals surface area contributed by atoms with Crippen molar-refractivity contribution in [2.45, 2.75) is 50.9 Å². The van der Waals surface area contributed by atoms with Crippen LogP contribution in [0, 0.1) is 5.82 Å². The molecule has 10 heteroatoms. The van der Waals surface area contributed by atoms with E-state index in [1.165, 1.54) is 12.1 Å². The Labute approximate surface area is 225 Å². The lowest BCUT2D eigenvalue weighted by molar-refractivity contribution is -0.132. The predicted molar refractivity (Wildman–Crippen MR) is 146 cm³/mol. The number of nitrogen functional groups attached to an aromatic ring is 1. The Morgan fingerprint density at radius 1 is 1.10 bits per heavy atom. The van der Waals surface area contributed by atoms with Crippen LogP contribution < -0.4 is 11.1 Å². The quantitative estimate of drug-likeness (QED) is 0.373. The van der Waals surface area contributed by atoms with Gasteiger partial charge in [-0.15, -0.1) is 0 Å². The van der Waals surface area contributed by atoms with E-state index >= 15 is 4.39 Å². The Morgan fingerprint density at radius 3 is 2.72 bits per heavy atom. The minimum Gasteiger partial charge on any atom is -0.382 e. The van der Waals surface area contributed by atoms with Crippen molar-refractivity contribution in [1.29, 1.82) is 0 Å². The zero-order chi connectivity index (χ0) is 27.1. The fraction of sp³-hybridized carbons (Fsp3) is 0.345. The molecule has 39 heavy (non-hydrogen) atoms. The van der Waals surface area contributed by atoms with E-state index in [1.54, 1.807) is 24.7 Å². The first-order valence-corrected chi connectivity index (χ1v) is 13.4. The van der Waals surface area contributed by atoms with Gasteiger partial charge in [-0.05, 0) is 61.4 Å². The molecule has 1 aliphatic heterocycles. The molecule has 0 spiro atoms. The zero-order valence-corrected chi connectivity index (χ0v) is 21.7. The maximum absolute atomic E-state index is 15.3. The van der Waals surface area contributed by atoms with Gasteiger partial charge >= 0.3 is 0 Å².